The summed E-state index contributed by atoms with van der Waals surface area (Å²) in [7, 11) is 0. The molecule has 2 saturated heterocycles. The number of thioether (sulfide) groups is 1. The van der Waals surface area contributed by atoms with E-state index in [4.69, 9.17) is 19.4 Å². The minimum atomic E-state index is -5.08. The zero-order chi connectivity index (χ0) is 22.2. The summed E-state index contributed by atoms with van der Waals surface area (Å²) in [6.45, 7) is 3.56. The number of aromatic nitrogens is 1. The summed E-state index contributed by atoms with van der Waals surface area (Å²) in [6.07, 6.45) is 0.712. The van der Waals surface area contributed by atoms with Gasteiger partial charge in [-0.15, -0.1) is 0 Å². The van der Waals surface area contributed by atoms with E-state index in [0.717, 1.165) is 38.2 Å². The first-order chi connectivity index (χ1) is 14.2. The van der Waals surface area contributed by atoms with Gasteiger partial charge in [-0.1, -0.05) is 6.07 Å². The zero-order valence-electron chi connectivity index (χ0n) is 16.6. The first-order valence-electron chi connectivity index (χ1n) is 9.36. The summed E-state index contributed by atoms with van der Waals surface area (Å²) >= 11 is 1.58. The summed E-state index contributed by atoms with van der Waals surface area (Å²) in [5.41, 5.74) is 0.852. The van der Waals surface area contributed by atoms with Crippen LogP contribution in [0.1, 0.15) is 18.5 Å². The average molecular weight is 450 g/mol. The highest BCUT2D eigenvalue weighted by Crippen LogP contribution is 2.41. The van der Waals surface area contributed by atoms with Gasteiger partial charge in [0.25, 0.3) is 0 Å². The largest absolute Gasteiger partial charge is 0.490 e. The number of likely N-dealkylation sites (tertiary alicyclic amines) is 1. The van der Waals surface area contributed by atoms with Gasteiger partial charge in [-0.05, 0) is 37.1 Å². The lowest BCUT2D eigenvalue weighted by Gasteiger charge is -2.50. The van der Waals surface area contributed by atoms with E-state index in [2.05, 4.69) is 4.98 Å². The highest BCUT2D eigenvalue weighted by Gasteiger charge is 2.53. The van der Waals surface area contributed by atoms with E-state index < -0.39 is 12.1 Å². The maximum Gasteiger partial charge on any atom is 0.490 e. The van der Waals surface area contributed by atoms with Crippen LogP contribution in [-0.2, 0) is 25.7 Å². The quantitative estimate of drug-likeness (QED) is 0.639. The second-order valence-corrected chi connectivity index (χ2v) is 7.91. The normalized spacial score (nSPS) is 19.7. The fraction of sp³-hybridized carbons (Fsp3) is 0.632. The monoisotopic (exact) mass is 450 g/mol. The van der Waals surface area contributed by atoms with Crippen molar-refractivity contribution in [1.82, 2.24) is 9.88 Å². The summed E-state index contributed by atoms with van der Waals surface area (Å²) in [5.74, 6) is -1.48. The van der Waals surface area contributed by atoms with Gasteiger partial charge in [-0.2, -0.15) is 24.9 Å². The van der Waals surface area contributed by atoms with Crippen LogP contribution in [0.3, 0.4) is 0 Å². The third kappa shape index (κ3) is 6.85. The molecule has 0 saturated carbocycles. The van der Waals surface area contributed by atoms with E-state index in [-0.39, 0.29) is 11.5 Å². The first kappa shape index (κ1) is 24.4. The molecule has 2 fully saturated rings. The fourth-order valence-electron chi connectivity index (χ4n) is 3.42. The van der Waals surface area contributed by atoms with Gasteiger partial charge in [0, 0.05) is 19.4 Å². The first-order valence-corrected chi connectivity index (χ1v) is 10.8. The van der Waals surface area contributed by atoms with E-state index in [1.54, 1.807) is 18.0 Å². The number of halogens is 3. The summed E-state index contributed by atoms with van der Waals surface area (Å²) < 4.78 is 43.5. The number of carboxylic acid groups (broad SMARTS) is 1. The number of rotatable bonds is 7. The Morgan fingerprint density at radius 1 is 1.40 bits per heavy atom. The molecule has 30 heavy (non-hydrogen) atoms. The van der Waals surface area contributed by atoms with Crippen LogP contribution in [0.4, 0.5) is 13.2 Å². The molecule has 2 aliphatic heterocycles. The van der Waals surface area contributed by atoms with Crippen LogP contribution < -0.4 is 0 Å². The van der Waals surface area contributed by atoms with Crippen LogP contribution in [0.5, 0.6) is 0 Å². The number of carbonyl (C=O) groups excluding carboxylic acids is 1. The number of hydrogen-bond donors (Lipinski definition) is 1. The van der Waals surface area contributed by atoms with E-state index in [0.29, 0.717) is 24.9 Å². The van der Waals surface area contributed by atoms with Crippen LogP contribution in [0.2, 0.25) is 0 Å². The number of carboxylic acids is 1. The van der Waals surface area contributed by atoms with Crippen molar-refractivity contribution in [3.63, 3.8) is 0 Å². The van der Waals surface area contributed by atoms with Crippen LogP contribution in [-0.4, -0.2) is 77.0 Å². The van der Waals surface area contributed by atoms with Crippen molar-refractivity contribution in [1.29, 1.82) is 0 Å². The van der Waals surface area contributed by atoms with Crippen molar-refractivity contribution in [2.75, 3.05) is 38.3 Å². The number of pyridine rings is 1. The van der Waals surface area contributed by atoms with Gasteiger partial charge in [-0.25, -0.2) is 4.79 Å². The molecule has 168 valence electrons. The molecule has 7 nitrogen and oxygen atoms in total. The molecule has 1 aromatic heterocycles. The van der Waals surface area contributed by atoms with Gasteiger partial charge in [-0.3, -0.25) is 9.78 Å². The molecule has 2 aliphatic rings. The van der Waals surface area contributed by atoms with Gasteiger partial charge < -0.3 is 19.5 Å². The lowest BCUT2D eigenvalue weighted by atomic mass is 9.79. The van der Waals surface area contributed by atoms with Gasteiger partial charge in [0.2, 0.25) is 5.91 Å². The van der Waals surface area contributed by atoms with Gasteiger partial charge in [0.05, 0.1) is 31.1 Å². The lowest BCUT2D eigenvalue weighted by Crippen LogP contribution is -2.66. The summed E-state index contributed by atoms with van der Waals surface area (Å²) in [5, 5.41) is 7.12. The molecule has 0 aliphatic carbocycles. The third-order valence-electron chi connectivity index (χ3n) is 4.97. The minimum absolute atomic E-state index is 0.109. The Balaban J connectivity index is 0.000000396. The number of carbonyl (C=O) groups is 2. The van der Waals surface area contributed by atoms with Crippen LogP contribution in [0.15, 0.2) is 24.4 Å². The molecule has 1 spiro atoms. The Bertz CT molecular complexity index is 699. The zero-order valence-corrected chi connectivity index (χ0v) is 17.4. The molecule has 3 heterocycles. The fourth-order valence-corrected chi connectivity index (χ4v) is 3.85. The highest BCUT2D eigenvalue weighted by molar-refractivity contribution is 7.99. The maximum absolute atomic E-state index is 11.9. The summed E-state index contributed by atoms with van der Waals surface area (Å²) in [4.78, 5) is 27.0. The maximum atomic E-state index is 11.9. The van der Waals surface area contributed by atoms with Crippen molar-refractivity contribution in [3.8, 4) is 0 Å². The molecular weight excluding hydrogens is 425 g/mol. The Labute approximate surface area is 176 Å². The second kappa shape index (κ2) is 11.0. The number of alkyl halides is 3. The van der Waals surface area contributed by atoms with E-state index in [1.807, 2.05) is 29.4 Å². The molecule has 1 N–H and O–H groups in total. The van der Waals surface area contributed by atoms with Crippen molar-refractivity contribution >= 4 is 23.6 Å². The van der Waals surface area contributed by atoms with Crippen molar-refractivity contribution in [2.24, 2.45) is 5.92 Å². The molecule has 1 atom stereocenters. The Morgan fingerprint density at radius 2 is 2.10 bits per heavy atom. The molecule has 11 heteroatoms. The molecule has 0 bridgehead atoms. The van der Waals surface area contributed by atoms with Gasteiger partial charge in [0.15, 0.2) is 0 Å². The molecule has 1 amide bonds. The molecular formula is C19H25F3N2O5S. The standard InChI is InChI=1S/C17H24N2O3S.C2HF3O2/c1-23-11-16(20)19-12-17(13-19)14(6-9-22-17)5-8-21-10-15-4-2-3-7-18-15;3-2(4,5)1(6)7/h2-4,7,14H,5-6,8-13H2,1H3;(H,6,7). The Morgan fingerprint density at radius 3 is 2.67 bits per heavy atom. The van der Waals surface area contributed by atoms with Crippen LogP contribution in [0.25, 0.3) is 0 Å². The predicted molar refractivity (Wildman–Crippen MR) is 104 cm³/mol. The average Bonchev–Trinajstić information content (AvgIpc) is 3.09. The number of nitrogens with zero attached hydrogens (tertiary/aromatic N) is 2. The molecule has 1 aromatic rings. The SMILES string of the molecule is CSCC(=O)N1CC2(C1)OCCC2CCOCc1ccccn1.O=C(O)C(F)(F)F. The molecule has 0 aromatic carbocycles. The van der Waals surface area contributed by atoms with Crippen molar-refractivity contribution in [3.05, 3.63) is 30.1 Å². The van der Waals surface area contributed by atoms with E-state index in [1.165, 1.54) is 0 Å². The van der Waals surface area contributed by atoms with Crippen molar-refractivity contribution in [2.45, 2.75) is 31.2 Å². The molecule has 1 unspecified atom stereocenters. The number of ether oxygens (including phenoxy) is 2. The number of amides is 1. The third-order valence-corrected chi connectivity index (χ3v) is 5.50. The van der Waals surface area contributed by atoms with E-state index in [9.17, 15) is 18.0 Å². The van der Waals surface area contributed by atoms with E-state index >= 15 is 0 Å². The minimum Gasteiger partial charge on any atom is -0.475 e. The van der Waals surface area contributed by atoms with Crippen LogP contribution >= 0.6 is 11.8 Å². The molecule has 3 rings (SSSR count). The smallest absolute Gasteiger partial charge is 0.475 e. The topological polar surface area (TPSA) is 89.0 Å². The Kier molecular flexibility index (Phi) is 8.92. The van der Waals surface area contributed by atoms with Crippen LogP contribution in [0, 0.1) is 5.92 Å². The van der Waals surface area contributed by atoms with Gasteiger partial charge in [0.1, 0.15) is 5.60 Å². The van der Waals surface area contributed by atoms with Gasteiger partial charge >= 0.3 is 12.1 Å². The lowest BCUT2D eigenvalue weighted by molar-refractivity contribution is -0.192. The number of hydrogen-bond acceptors (Lipinski definition) is 6. The predicted octanol–water partition coefficient (Wildman–Crippen LogP) is 2.60. The van der Waals surface area contributed by atoms with Crippen molar-refractivity contribution < 1.29 is 37.3 Å². The summed E-state index contributed by atoms with van der Waals surface area (Å²) in [6, 6.07) is 5.85. The second-order valence-electron chi connectivity index (χ2n) is 7.05. The molecule has 0 radical (unpaired) electrons. The Hall–Kier alpha value is -1.85. The highest BCUT2D eigenvalue weighted by atomic mass is 32.2. The number of aliphatic carboxylic acids is 1.